The van der Waals surface area contributed by atoms with Gasteiger partial charge in [-0.3, -0.25) is 4.79 Å². The van der Waals surface area contributed by atoms with Crippen LogP contribution >= 0.6 is 0 Å². The zero-order valence-electron chi connectivity index (χ0n) is 11.4. The van der Waals surface area contributed by atoms with E-state index < -0.39 is 0 Å². The van der Waals surface area contributed by atoms with Gasteiger partial charge in [0.25, 0.3) is 5.91 Å². The molecule has 106 valence electrons. The SMILES string of the molecule is CCCNc1ccc(C(=O)NCc2nc(C)no2)nn1. The van der Waals surface area contributed by atoms with Gasteiger partial charge in [0.1, 0.15) is 5.82 Å². The molecule has 2 aromatic rings. The first kappa shape index (κ1) is 13.9. The molecule has 0 spiro atoms. The summed E-state index contributed by atoms with van der Waals surface area (Å²) in [6, 6.07) is 3.33. The molecule has 2 N–H and O–H groups in total. The Morgan fingerprint density at radius 3 is 2.80 bits per heavy atom. The lowest BCUT2D eigenvalue weighted by Crippen LogP contribution is -2.24. The minimum absolute atomic E-state index is 0.164. The molecule has 0 aliphatic rings. The summed E-state index contributed by atoms with van der Waals surface area (Å²) in [5.74, 6) is 1.19. The Morgan fingerprint density at radius 1 is 1.35 bits per heavy atom. The highest BCUT2D eigenvalue weighted by Crippen LogP contribution is 2.02. The fraction of sp³-hybridized carbons (Fsp3) is 0.417. The van der Waals surface area contributed by atoms with Crippen LogP contribution in [0.15, 0.2) is 16.7 Å². The van der Waals surface area contributed by atoms with Crippen LogP contribution in [-0.4, -0.2) is 32.8 Å². The second-order valence-electron chi connectivity index (χ2n) is 4.15. The smallest absolute Gasteiger partial charge is 0.272 e. The van der Waals surface area contributed by atoms with Gasteiger partial charge < -0.3 is 15.2 Å². The molecule has 0 aromatic carbocycles. The van der Waals surface area contributed by atoms with E-state index in [0.29, 0.717) is 17.5 Å². The Bertz CT molecular complexity index is 566. The van der Waals surface area contributed by atoms with Crippen LogP contribution in [0.4, 0.5) is 5.82 Å². The molecular formula is C12H16N6O2. The average molecular weight is 276 g/mol. The van der Waals surface area contributed by atoms with Crippen molar-refractivity contribution in [3.8, 4) is 0 Å². The number of nitrogens with zero attached hydrogens (tertiary/aromatic N) is 4. The van der Waals surface area contributed by atoms with Gasteiger partial charge in [0.05, 0.1) is 6.54 Å². The molecule has 1 amide bonds. The van der Waals surface area contributed by atoms with E-state index in [9.17, 15) is 4.79 Å². The third-order valence-corrected chi connectivity index (χ3v) is 2.42. The number of rotatable bonds is 6. The molecule has 0 unspecified atom stereocenters. The number of hydrogen-bond donors (Lipinski definition) is 2. The Hall–Kier alpha value is -2.51. The fourth-order valence-electron chi connectivity index (χ4n) is 1.46. The third kappa shape index (κ3) is 3.74. The van der Waals surface area contributed by atoms with Gasteiger partial charge in [0.2, 0.25) is 5.89 Å². The third-order valence-electron chi connectivity index (χ3n) is 2.42. The van der Waals surface area contributed by atoms with Gasteiger partial charge in [-0.2, -0.15) is 4.98 Å². The van der Waals surface area contributed by atoms with Gasteiger partial charge in [-0.25, -0.2) is 0 Å². The Morgan fingerprint density at radius 2 is 2.20 bits per heavy atom. The number of anilines is 1. The molecule has 0 fully saturated rings. The predicted octanol–water partition coefficient (Wildman–Crippen LogP) is 0.920. The van der Waals surface area contributed by atoms with Crippen molar-refractivity contribution >= 4 is 11.7 Å². The van der Waals surface area contributed by atoms with E-state index >= 15 is 0 Å². The van der Waals surface area contributed by atoms with E-state index in [2.05, 4.69) is 37.9 Å². The molecule has 2 rings (SSSR count). The summed E-state index contributed by atoms with van der Waals surface area (Å²) in [5.41, 5.74) is 0.239. The highest BCUT2D eigenvalue weighted by Gasteiger charge is 2.10. The van der Waals surface area contributed by atoms with Crippen molar-refractivity contribution in [3.05, 3.63) is 29.5 Å². The van der Waals surface area contributed by atoms with Crippen LogP contribution in [-0.2, 0) is 6.54 Å². The van der Waals surface area contributed by atoms with Crippen molar-refractivity contribution < 1.29 is 9.32 Å². The molecule has 0 aliphatic carbocycles. The zero-order chi connectivity index (χ0) is 14.4. The summed E-state index contributed by atoms with van der Waals surface area (Å²) < 4.78 is 4.89. The van der Waals surface area contributed by atoms with Crippen LogP contribution in [0, 0.1) is 6.92 Å². The van der Waals surface area contributed by atoms with Crippen molar-refractivity contribution in [3.63, 3.8) is 0 Å². The highest BCUT2D eigenvalue weighted by molar-refractivity contribution is 5.92. The molecule has 0 saturated heterocycles. The monoisotopic (exact) mass is 276 g/mol. The van der Waals surface area contributed by atoms with Crippen molar-refractivity contribution in [2.75, 3.05) is 11.9 Å². The largest absolute Gasteiger partial charge is 0.369 e. The number of aryl methyl sites for hydroxylation is 1. The van der Waals surface area contributed by atoms with Gasteiger partial charge in [0.15, 0.2) is 11.5 Å². The number of nitrogens with one attached hydrogen (secondary N) is 2. The number of carbonyl (C=O) groups excluding carboxylic acids is 1. The molecule has 0 atom stereocenters. The Kier molecular flexibility index (Phi) is 4.59. The number of carbonyl (C=O) groups is 1. The first-order valence-corrected chi connectivity index (χ1v) is 6.34. The molecule has 8 heteroatoms. The average Bonchev–Trinajstić information content (AvgIpc) is 2.89. The van der Waals surface area contributed by atoms with Gasteiger partial charge >= 0.3 is 0 Å². The maximum atomic E-state index is 11.8. The summed E-state index contributed by atoms with van der Waals surface area (Å²) in [7, 11) is 0. The maximum Gasteiger partial charge on any atom is 0.272 e. The topological polar surface area (TPSA) is 106 Å². The van der Waals surface area contributed by atoms with Gasteiger partial charge in [-0.05, 0) is 25.5 Å². The quantitative estimate of drug-likeness (QED) is 0.808. The summed E-state index contributed by atoms with van der Waals surface area (Å²) in [6.07, 6.45) is 0.994. The van der Waals surface area contributed by atoms with E-state index in [4.69, 9.17) is 4.52 Å². The van der Waals surface area contributed by atoms with E-state index in [0.717, 1.165) is 13.0 Å². The van der Waals surface area contributed by atoms with Gasteiger partial charge in [-0.15, -0.1) is 10.2 Å². The molecule has 0 bridgehead atoms. The maximum absolute atomic E-state index is 11.8. The lowest BCUT2D eigenvalue weighted by Gasteiger charge is -2.04. The van der Waals surface area contributed by atoms with E-state index in [-0.39, 0.29) is 18.1 Å². The second-order valence-corrected chi connectivity index (χ2v) is 4.15. The van der Waals surface area contributed by atoms with Crippen LogP contribution in [0.1, 0.15) is 35.5 Å². The van der Waals surface area contributed by atoms with E-state index in [1.54, 1.807) is 19.1 Å². The van der Waals surface area contributed by atoms with Crippen molar-refractivity contribution in [1.29, 1.82) is 0 Å². The molecule has 8 nitrogen and oxygen atoms in total. The van der Waals surface area contributed by atoms with Crippen molar-refractivity contribution in [2.24, 2.45) is 0 Å². The highest BCUT2D eigenvalue weighted by atomic mass is 16.5. The van der Waals surface area contributed by atoms with Crippen LogP contribution in [0.25, 0.3) is 0 Å². The van der Waals surface area contributed by atoms with Crippen LogP contribution in [0.3, 0.4) is 0 Å². The van der Waals surface area contributed by atoms with Crippen LogP contribution in [0.5, 0.6) is 0 Å². The second kappa shape index (κ2) is 6.60. The first-order chi connectivity index (χ1) is 9.69. The lowest BCUT2D eigenvalue weighted by molar-refractivity contribution is 0.0940. The van der Waals surface area contributed by atoms with Crippen molar-refractivity contribution in [1.82, 2.24) is 25.7 Å². The summed E-state index contributed by atoms with van der Waals surface area (Å²) >= 11 is 0. The van der Waals surface area contributed by atoms with Crippen LogP contribution < -0.4 is 10.6 Å². The minimum atomic E-state index is -0.338. The lowest BCUT2D eigenvalue weighted by atomic mass is 10.3. The van der Waals surface area contributed by atoms with E-state index in [1.807, 2.05) is 0 Å². The number of hydrogen-bond acceptors (Lipinski definition) is 7. The van der Waals surface area contributed by atoms with E-state index in [1.165, 1.54) is 0 Å². The summed E-state index contributed by atoms with van der Waals surface area (Å²) in [5, 5.41) is 17.1. The summed E-state index contributed by atoms with van der Waals surface area (Å²) in [6.45, 7) is 4.75. The molecule has 20 heavy (non-hydrogen) atoms. The Labute approximate surface area is 116 Å². The fourth-order valence-corrected chi connectivity index (χ4v) is 1.46. The summed E-state index contributed by atoms with van der Waals surface area (Å²) in [4.78, 5) is 15.8. The van der Waals surface area contributed by atoms with Gasteiger partial charge in [-0.1, -0.05) is 12.1 Å². The number of amides is 1. The molecule has 0 radical (unpaired) electrons. The standard InChI is InChI=1S/C12H16N6O2/c1-3-6-13-10-5-4-9(16-17-10)12(19)14-7-11-15-8(2)18-20-11/h4-5H,3,6-7H2,1-2H3,(H,13,17)(H,14,19). The van der Waals surface area contributed by atoms with Crippen molar-refractivity contribution in [2.45, 2.75) is 26.8 Å². The minimum Gasteiger partial charge on any atom is -0.369 e. The number of aromatic nitrogens is 4. The molecule has 2 aromatic heterocycles. The molecule has 0 saturated carbocycles. The predicted molar refractivity (Wildman–Crippen MR) is 71.0 cm³/mol. The molecular weight excluding hydrogens is 260 g/mol. The van der Waals surface area contributed by atoms with Crippen LogP contribution in [0.2, 0.25) is 0 Å². The molecule has 2 heterocycles. The zero-order valence-corrected chi connectivity index (χ0v) is 11.4. The Balaban J connectivity index is 1.88. The molecule has 0 aliphatic heterocycles. The van der Waals surface area contributed by atoms with Gasteiger partial charge in [0, 0.05) is 6.54 Å². The normalized spacial score (nSPS) is 10.3. The first-order valence-electron chi connectivity index (χ1n) is 6.34.